The number of azo groups is 1. The highest BCUT2D eigenvalue weighted by Crippen LogP contribution is 2.36. The van der Waals surface area contributed by atoms with Gasteiger partial charge in [0.25, 0.3) is 0 Å². The number of nitrogens with zero attached hydrogens (tertiary/aromatic N) is 4. The molecule has 0 spiro atoms. The maximum Gasteiger partial charge on any atom is 0.360 e. The van der Waals surface area contributed by atoms with Gasteiger partial charge < -0.3 is 14.2 Å². The average molecular weight is 352 g/mol. The molecular weight excluding hydrogens is 336 g/mol. The van der Waals surface area contributed by atoms with E-state index in [1.165, 1.54) is 0 Å². The van der Waals surface area contributed by atoms with Gasteiger partial charge >= 0.3 is 5.97 Å². The van der Waals surface area contributed by atoms with Crippen molar-refractivity contribution in [2.24, 2.45) is 10.2 Å². The summed E-state index contributed by atoms with van der Waals surface area (Å²) in [5.74, 6) is 1.07. The van der Waals surface area contributed by atoms with Crippen molar-refractivity contribution in [3.63, 3.8) is 0 Å². The largest absolute Gasteiger partial charge is 0.461 e. The predicted molar refractivity (Wildman–Crippen MR) is 92.6 cm³/mol. The number of ether oxygens (including phenoxy) is 3. The average Bonchev–Trinajstić information content (AvgIpc) is 3.23. The topological polar surface area (TPSA) is 86.8 Å². The van der Waals surface area contributed by atoms with Crippen molar-refractivity contribution in [3.8, 4) is 11.5 Å². The Kier molecular flexibility index (Phi) is 4.00. The maximum atomic E-state index is 12.2. The molecule has 0 aliphatic carbocycles. The van der Waals surface area contributed by atoms with Crippen molar-refractivity contribution in [1.82, 2.24) is 9.38 Å². The molecule has 0 fully saturated rings. The molecule has 0 N–H and O–H groups in total. The lowest BCUT2D eigenvalue weighted by Gasteiger charge is -2.01. The number of imidazole rings is 1. The molecule has 1 aromatic carbocycles. The van der Waals surface area contributed by atoms with E-state index in [1.807, 2.05) is 25.3 Å². The summed E-state index contributed by atoms with van der Waals surface area (Å²) in [5, 5.41) is 8.49. The third-order valence-corrected chi connectivity index (χ3v) is 3.83. The van der Waals surface area contributed by atoms with Gasteiger partial charge in [0.05, 0.1) is 12.3 Å². The van der Waals surface area contributed by atoms with E-state index in [1.54, 1.807) is 29.5 Å². The number of esters is 1. The van der Waals surface area contributed by atoms with Crippen molar-refractivity contribution >= 4 is 23.1 Å². The second-order valence-electron chi connectivity index (χ2n) is 5.68. The SMILES string of the molecule is CCOC(=O)c1nc2ccc(C)cn2c1N=Nc1ccc2c(c1)OCO2. The number of aryl methyl sites for hydroxylation is 1. The summed E-state index contributed by atoms with van der Waals surface area (Å²) >= 11 is 0. The second-order valence-corrected chi connectivity index (χ2v) is 5.68. The summed E-state index contributed by atoms with van der Waals surface area (Å²) in [4.78, 5) is 16.6. The number of hydrogen-bond donors (Lipinski definition) is 0. The normalized spacial score (nSPS) is 12.8. The molecule has 1 aliphatic heterocycles. The Morgan fingerprint density at radius 3 is 2.92 bits per heavy atom. The number of carbonyl (C=O) groups excluding carboxylic acids is 1. The third-order valence-electron chi connectivity index (χ3n) is 3.83. The molecule has 8 nitrogen and oxygen atoms in total. The van der Waals surface area contributed by atoms with Crippen LogP contribution in [0.15, 0.2) is 46.8 Å². The van der Waals surface area contributed by atoms with E-state index >= 15 is 0 Å². The van der Waals surface area contributed by atoms with E-state index in [2.05, 4.69) is 15.2 Å². The number of aromatic nitrogens is 2. The summed E-state index contributed by atoms with van der Waals surface area (Å²) in [5.41, 5.74) is 2.30. The zero-order chi connectivity index (χ0) is 18.1. The van der Waals surface area contributed by atoms with Crippen LogP contribution in [0.4, 0.5) is 11.5 Å². The van der Waals surface area contributed by atoms with E-state index < -0.39 is 5.97 Å². The van der Waals surface area contributed by atoms with Gasteiger partial charge in [0.2, 0.25) is 6.79 Å². The summed E-state index contributed by atoms with van der Waals surface area (Å²) in [7, 11) is 0. The van der Waals surface area contributed by atoms with Crippen LogP contribution >= 0.6 is 0 Å². The molecule has 3 aromatic rings. The van der Waals surface area contributed by atoms with Crippen molar-refractivity contribution in [2.75, 3.05) is 13.4 Å². The van der Waals surface area contributed by atoms with Crippen molar-refractivity contribution in [1.29, 1.82) is 0 Å². The Balaban J connectivity index is 1.77. The van der Waals surface area contributed by atoms with Gasteiger partial charge in [0.15, 0.2) is 23.0 Å². The number of pyridine rings is 1. The third kappa shape index (κ3) is 2.85. The van der Waals surface area contributed by atoms with Crippen LogP contribution in [0, 0.1) is 6.92 Å². The second kappa shape index (κ2) is 6.47. The minimum Gasteiger partial charge on any atom is -0.461 e. The van der Waals surface area contributed by atoms with E-state index in [0.29, 0.717) is 28.7 Å². The highest BCUT2D eigenvalue weighted by Gasteiger charge is 2.20. The molecule has 0 saturated heterocycles. The molecule has 2 aromatic heterocycles. The molecule has 0 unspecified atom stereocenters. The first kappa shape index (κ1) is 16.1. The fourth-order valence-electron chi connectivity index (χ4n) is 2.62. The Bertz CT molecular complexity index is 1030. The van der Waals surface area contributed by atoms with Crippen LogP contribution in [0.5, 0.6) is 11.5 Å². The molecule has 0 bridgehead atoms. The quantitative estimate of drug-likeness (QED) is 0.524. The highest BCUT2D eigenvalue weighted by atomic mass is 16.7. The smallest absolute Gasteiger partial charge is 0.360 e. The van der Waals surface area contributed by atoms with Gasteiger partial charge in [0, 0.05) is 12.3 Å². The van der Waals surface area contributed by atoms with Crippen LogP contribution in [0.25, 0.3) is 5.65 Å². The lowest BCUT2D eigenvalue weighted by molar-refractivity contribution is 0.0521. The lowest BCUT2D eigenvalue weighted by Crippen LogP contribution is -2.05. The molecular formula is C18H16N4O4. The molecule has 0 amide bonds. The van der Waals surface area contributed by atoms with Crippen molar-refractivity contribution in [3.05, 3.63) is 47.8 Å². The van der Waals surface area contributed by atoms with Gasteiger partial charge in [-0.05, 0) is 37.6 Å². The molecule has 0 radical (unpaired) electrons. The predicted octanol–water partition coefficient (Wildman–Crippen LogP) is 3.96. The lowest BCUT2D eigenvalue weighted by atomic mass is 10.3. The Hall–Kier alpha value is -3.42. The van der Waals surface area contributed by atoms with Crippen LogP contribution in [0.3, 0.4) is 0 Å². The summed E-state index contributed by atoms with van der Waals surface area (Å²) in [6, 6.07) is 8.98. The molecule has 132 valence electrons. The number of rotatable bonds is 4. The van der Waals surface area contributed by atoms with Gasteiger partial charge in [-0.25, -0.2) is 9.78 Å². The Morgan fingerprint density at radius 2 is 2.08 bits per heavy atom. The minimum atomic E-state index is -0.534. The Labute approximate surface area is 149 Å². The summed E-state index contributed by atoms with van der Waals surface area (Å²) in [6.45, 7) is 4.13. The number of benzene rings is 1. The highest BCUT2D eigenvalue weighted by molar-refractivity contribution is 5.93. The molecule has 0 saturated carbocycles. The first-order chi connectivity index (χ1) is 12.7. The molecule has 0 atom stereocenters. The summed E-state index contributed by atoms with van der Waals surface area (Å²) in [6.07, 6.45) is 1.85. The van der Waals surface area contributed by atoms with Gasteiger partial charge in [-0.3, -0.25) is 4.40 Å². The fraction of sp³-hybridized carbons (Fsp3) is 0.222. The van der Waals surface area contributed by atoms with Crippen molar-refractivity contribution < 1.29 is 19.0 Å². The number of carbonyl (C=O) groups is 1. The van der Waals surface area contributed by atoms with Crippen LogP contribution in [-0.4, -0.2) is 28.8 Å². The fourth-order valence-corrected chi connectivity index (χ4v) is 2.62. The van der Waals surface area contributed by atoms with Crippen LogP contribution in [0.2, 0.25) is 0 Å². The van der Waals surface area contributed by atoms with Crippen LogP contribution in [0.1, 0.15) is 23.0 Å². The van der Waals surface area contributed by atoms with E-state index in [0.717, 1.165) is 5.56 Å². The Morgan fingerprint density at radius 1 is 1.23 bits per heavy atom. The molecule has 4 rings (SSSR count). The standard InChI is InChI=1S/C18H16N4O4/c1-3-24-18(23)16-17(22-9-11(2)4-7-15(22)19-16)21-20-12-5-6-13-14(8-12)26-10-25-13/h4-9H,3,10H2,1-2H3. The maximum absolute atomic E-state index is 12.2. The number of hydrogen-bond acceptors (Lipinski definition) is 7. The van der Waals surface area contributed by atoms with Gasteiger partial charge in [-0.2, -0.15) is 0 Å². The number of fused-ring (bicyclic) bond motifs is 2. The van der Waals surface area contributed by atoms with Crippen molar-refractivity contribution in [2.45, 2.75) is 13.8 Å². The van der Waals surface area contributed by atoms with Crippen LogP contribution < -0.4 is 9.47 Å². The van der Waals surface area contributed by atoms with E-state index in [9.17, 15) is 4.79 Å². The first-order valence-electron chi connectivity index (χ1n) is 8.13. The van der Waals surface area contributed by atoms with E-state index in [-0.39, 0.29) is 19.1 Å². The van der Waals surface area contributed by atoms with Gasteiger partial charge in [-0.1, -0.05) is 6.07 Å². The molecule has 3 heterocycles. The van der Waals surface area contributed by atoms with Crippen LogP contribution in [-0.2, 0) is 4.74 Å². The molecule has 8 heteroatoms. The monoisotopic (exact) mass is 352 g/mol. The molecule has 26 heavy (non-hydrogen) atoms. The zero-order valence-corrected chi connectivity index (χ0v) is 14.3. The zero-order valence-electron chi connectivity index (χ0n) is 14.3. The van der Waals surface area contributed by atoms with Gasteiger partial charge in [-0.15, -0.1) is 10.2 Å². The van der Waals surface area contributed by atoms with Gasteiger partial charge in [0.1, 0.15) is 5.65 Å². The molecule has 1 aliphatic rings. The summed E-state index contributed by atoms with van der Waals surface area (Å²) < 4.78 is 17.4. The van der Waals surface area contributed by atoms with E-state index in [4.69, 9.17) is 14.2 Å². The minimum absolute atomic E-state index is 0.127. The first-order valence-corrected chi connectivity index (χ1v) is 8.13.